The highest BCUT2D eigenvalue weighted by Crippen LogP contribution is 2.19. The maximum atomic E-state index is 5.89. The number of fused-ring (bicyclic) bond motifs is 1. The topological polar surface area (TPSA) is 56.9 Å². The standard InChI is InChI=1S/C18H20ClN5O.2ClH/c19-15-3-1-14(2-4-15)13-25-10-9-23-7-6-21-18(23)17-11-16-12-20-5-8-24(16)22-17;;/h1-4,6-7,11,20H,5,8-10,12-13H2;2*1H. The second-order valence-electron chi connectivity index (χ2n) is 6.04. The molecule has 3 heterocycles. The van der Waals surface area contributed by atoms with Gasteiger partial charge in [-0.2, -0.15) is 5.10 Å². The molecule has 0 saturated heterocycles. The second kappa shape index (κ2) is 10.1. The minimum atomic E-state index is 0. The van der Waals surface area contributed by atoms with Crippen molar-refractivity contribution in [2.45, 2.75) is 26.2 Å². The van der Waals surface area contributed by atoms with Crippen molar-refractivity contribution in [2.24, 2.45) is 0 Å². The Morgan fingerprint density at radius 3 is 2.78 bits per heavy atom. The van der Waals surface area contributed by atoms with Gasteiger partial charge in [-0.3, -0.25) is 4.68 Å². The van der Waals surface area contributed by atoms with Crippen molar-refractivity contribution in [3.63, 3.8) is 0 Å². The molecule has 146 valence electrons. The van der Waals surface area contributed by atoms with Crippen molar-refractivity contribution in [3.8, 4) is 11.5 Å². The Kier molecular flexibility index (Phi) is 8.13. The Labute approximate surface area is 175 Å². The molecule has 0 bridgehead atoms. The van der Waals surface area contributed by atoms with Gasteiger partial charge in [0.05, 0.1) is 25.5 Å². The van der Waals surface area contributed by atoms with Gasteiger partial charge >= 0.3 is 0 Å². The van der Waals surface area contributed by atoms with E-state index in [1.54, 1.807) is 0 Å². The molecule has 3 aromatic rings. The Morgan fingerprint density at radius 2 is 2.00 bits per heavy atom. The van der Waals surface area contributed by atoms with Crippen LogP contribution in [-0.4, -0.2) is 32.5 Å². The molecule has 1 N–H and O–H groups in total. The fourth-order valence-electron chi connectivity index (χ4n) is 2.96. The van der Waals surface area contributed by atoms with E-state index in [2.05, 4.69) is 30.7 Å². The van der Waals surface area contributed by atoms with E-state index in [4.69, 9.17) is 16.3 Å². The van der Waals surface area contributed by atoms with Gasteiger partial charge in [-0.15, -0.1) is 24.8 Å². The number of rotatable bonds is 6. The van der Waals surface area contributed by atoms with Gasteiger partial charge in [0.1, 0.15) is 5.69 Å². The highest BCUT2D eigenvalue weighted by molar-refractivity contribution is 6.30. The minimum absolute atomic E-state index is 0. The lowest BCUT2D eigenvalue weighted by Crippen LogP contribution is -2.28. The van der Waals surface area contributed by atoms with Gasteiger partial charge in [0.15, 0.2) is 5.82 Å². The van der Waals surface area contributed by atoms with Crippen LogP contribution in [-0.2, 0) is 31.0 Å². The fourth-order valence-corrected chi connectivity index (χ4v) is 3.08. The Hall–Kier alpha value is -1.57. The second-order valence-corrected chi connectivity index (χ2v) is 6.48. The SMILES string of the molecule is Cl.Cl.Clc1ccc(COCCn2ccnc2-c2cc3n(n2)CCNC3)cc1. The van der Waals surface area contributed by atoms with Crippen LogP contribution < -0.4 is 5.32 Å². The molecule has 0 unspecified atom stereocenters. The zero-order chi connectivity index (χ0) is 17.1. The molecule has 27 heavy (non-hydrogen) atoms. The van der Waals surface area contributed by atoms with Crippen molar-refractivity contribution in [1.82, 2.24) is 24.6 Å². The van der Waals surface area contributed by atoms with E-state index >= 15 is 0 Å². The van der Waals surface area contributed by atoms with Crippen LogP contribution in [0.1, 0.15) is 11.3 Å². The fraction of sp³-hybridized carbons (Fsp3) is 0.333. The molecule has 9 heteroatoms. The maximum absolute atomic E-state index is 5.89. The number of nitrogens with one attached hydrogen (secondary N) is 1. The van der Waals surface area contributed by atoms with Crippen LogP contribution in [0.3, 0.4) is 0 Å². The predicted molar refractivity (Wildman–Crippen MR) is 111 cm³/mol. The molecule has 0 fully saturated rings. The zero-order valence-electron chi connectivity index (χ0n) is 14.7. The summed E-state index contributed by atoms with van der Waals surface area (Å²) < 4.78 is 9.92. The molecule has 2 aromatic heterocycles. The minimum Gasteiger partial charge on any atom is -0.375 e. The van der Waals surface area contributed by atoms with Gasteiger partial charge in [0.2, 0.25) is 0 Å². The summed E-state index contributed by atoms with van der Waals surface area (Å²) in [6.07, 6.45) is 3.78. The van der Waals surface area contributed by atoms with Crippen LogP contribution in [0.5, 0.6) is 0 Å². The van der Waals surface area contributed by atoms with Crippen molar-refractivity contribution < 1.29 is 4.74 Å². The molecule has 1 aliphatic heterocycles. The lowest BCUT2D eigenvalue weighted by molar-refractivity contribution is 0.113. The summed E-state index contributed by atoms with van der Waals surface area (Å²) in [5.41, 5.74) is 3.24. The van der Waals surface area contributed by atoms with Gasteiger partial charge in [-0.05, 0) is 23.8 Å². The van der Waals surface area contributed by atoms with E-state index in [1.807, 2.05) is 36.7 Å². The average molecular weight is 431 g/mol. The molecule has 0 aliphatic carbocycles. The molecule has 1 aliphatic rings. The van der Waals surface area contributed by atoms with Crippen molar-refractivity contribution in [2.75, 3.05) is 13.2 Å². The molecule has 0 amide bonds. The number of aromatic nitrogens is 4. The number of halogens is 3. The van der Waals surface area contributed by atoms with Crippen molar-refractivity contribution in [3.05, 3.63) is 59.0 Å². The lowest BCUT2D eigenvalue weighted by Gasteiger charge is -2.13. The summed E-state index contributed by atoms with van der Waals surface area (Å²) in [7, 11) is 0. The zero-order valence-corrected chi connectivity index (χ0v) is 17.1. The quantitative estimate of drug-likeness (QED) is 0.608. The molecule has 0 radical (unpaired) electrons. The first-order chi connectivity index (χ1) is 12.3. The maximum Gasteiger partial charge on any atom is 0.160 e. The van der Waals surface area contributed by atoms with E-state index in [0.717, 1.165) is 48.3 Å². The van der Waals surface area contributed by atoms with Gasteiger partial charge in [-0.25, -0.2) is 4.98 Å². The molecular weight excluding hydrogens is 409 g/mol. The first kappa shape index (κ1) is 21.7. The highest BCUT2D eigenvalue weighted by atomic mass is 35.5. The monoisotopic (exact) mass is 429 g/mol. The van der Waals surface area contributed by atoms with Gasteiger partial charge in [0.25, 0.3) is 0 Å². The third-order valence-corrected chi connectivity index (χ3v) is 4.52. The summed E-state index contributed by atoms with van der Waals surface area (Å²) in [4.78, 5) is 4.47. The smallest absolute Gasteiger partial charge is 0.160 e. The first-order valence-corrected chi connectivity index (χ1v) is 8.78. The largest absolute Gasteiger partial charge is 0.375 e. The van der Waals surface area contributed by atoms with Crippen LogP contribution in [0.25, 0.3) is 11.5 Å². The van der Waals surface area contributed by atoms with E-state index in [-0.39, 0.29) is 24.8 Å². The van der Waals surface area contributed by atoms with Gasteiger partial charge in [0, 0.05) is 37.1 Å². The van der Waals surface area contributed by atoms with Crippen LogP contribution in [0, 0.1) is 0 Å². The summed E-state index contributed by atoms with van der Waals surface area (Å²) in [5, 5.41) is 8.78. The Bertz CT molecular complexity index is 824. The number of imidazole rings is 1. The third kappa shape index (κ3) is 5.24. The van der Waals surface area contributed by atoms with E-state index in [0.29, 0.717) is 13.2 Å². The molecule has 6 nitrogen and oxygen atoms in total. The van der Waals surface area contributed by atoms with E-state index in [1.165, 1.54) is 5.69 Å². The summed E-state index contributed by atoms with van der Waals surface area (Å²) in [6.45, 7) is 4.65. The molecular formula is C18H22Cl3N5O. The average Bonchev–Trinajstić information content (AvgIpc) is 3.26. The highest BCUT2D eigenvalue weighted by Gasteiger charge is 2.15. The van der Waals surface area contributed by atoms with E-state index < -0.39 is 0 Å². The van der Waals surface area contributed by atoms with Crippen LogP contribution >= 0.6 is 36.4 Å². The van der Waals surface area contributed by atoms with Gasteiger partial charge in [-0.1, -0.05) is 23.7 Å². The molecule has 0 spiro atoms. The molecule has 1 aromatic carbocycles. The van der Waals surface area contributed by atoms with Crippen LogP contribution in [0.4, 0.5) is 0 Å². The van der Waals surface area contributed by atoms with E-state index in [9.17, 15) is 0 Å². The number of hydrogen-bond donors (Lipinski definition) is 1. The van der Waals surface area contributed by atoms with Crippen LogP contribution in [0.2, 0.25) is 5.02 Å². The number of hydrogen-bond acceptors (Lipinski definition) is 4. The Balaban J connectivity index is 0.00000131. The molecule has 4 rings (SSSR count). The lowest BCUT2D eigenvalue weighted by atomic mass is 10.2. The first-order valence-electron chi connectivity index (χ1n) is 8.41. The number of benzene rings is 1. The normalized spacial score (nSPS) is 12.8. The summed E-state index contributed by atoms with van der Waals surface area (Å²) in [5.74, 6) is 0.886. The molecule has 0 saturated carbocycles. The van der Waals surface area contributed by atoms with Crippen molar-refractivity contribution in [1.29, 1.82) is 0 Å². The van der Waals surface area contributed by atoms with Gasteiger partial charge < -0.3 is 14.6 Å². The summed E-state index contributed by atoms with van der Waals surface area (Å²) in [6, 6.07) is 9.83. The molecule has 0 atom stereocenters. The predicted octanol–water partition coefficient (Wildman–Crippen LogP) is 3.56. The number of ether oxygens (including phenoxy) is 1. The Morgan fingerprint density at radius 1 is 1.19 bits per heavy atom. The summed E-state index contributed by atoms with van der Waals surface area (Å²) >= 11 is 5.89. The third-order valence-electron chi connectivity index (χ3n) is 4.27. The van der Waals surface area contributed by atoms with Crippen molar-refractivity contribution >= 4 is 36.4 Å². The van der Waals surface area contributed by atoms with Crippen LogP contribution in [0.15, 0.2) is 42.7 Å². The number of nitrogens with zero attached hydrogens (tertiary/aromatic N) is 4.